The lowest BCUT2D eigenvalue weighted by atomic mass is 9.47. The molecule has 7 unspecified atom stereocenters. The van der Waals surface area contributed by atoms with E-state index in [9.17, 15) is 10.2 Å². The summed E-state index contributed by atoms with van der Waals surface area (Å²) < 4.78 is 0. The van der Waals surface area contributed by atoms with Crippen LogP contribution in [0.1, 0.15) is 78.6 Å². The Bertz CT molecular complexity index is 524. The van der Waals surface area contributed by atoms with Gasteiger partial charge in [-0.1, -0.05) is 44.9 Å². The fraction of sp³-hybridized carbons (Fsp3) is 0.826. The molecule has 2 N–H and O–H groups in total. The zero-order valence-corrected chi connectivity index (χ0v) is 16.5. The number of allylic oxidation sites excluding steroid dienone is 2. The van der Waals surface area contributed by atoms with Crippen molar-refractivity contribution in [3.8, 4) is 0 Å². The minimum absolute atomic E-state index is 0.100. The highest BCUT2D eigenvalue weighted by molar-refractivity contribution is 5.31. The highest BCUT2D eigenvalue weighted by Crippen LogP contribution is 2.65. The summed E-state index contributed by atoms with van der Waals surface area (Å²) >= 11 is 0. The molecular weight excluding hydrogens is 308 g/mol. The molecule has 0 amide bonds. The van der Waals surface area contributed by atoms with Gasteiger partial charge in [-0.05, 0) is 74.5 Å². The summed E-state index contributed by atoms with van der Waals surface area (Å²) in [6.45, 7) is 10.8. The Morgan fingerprint density at radius 3 is 2.52 bits per heavy atom. The molecule has 4 rings (SSSR count). The summed E-state index contributed by atoms with van der Waals surface area (Å²) in [4.78, 5) is 0. The fourth-order valence-corrected chi connectivity index (χ4v) is 6.70. The Labute approximate surface area is 154 Å². The molecule has 0 saturated heterocycles. The van der Waals surface area contributed by atoms with E-state index in [0.29, 0.717) is 17.8 Å². The van der Waals surface area contributed by atoms with Crippen LogP contribution in [0.25, 0.3) is 0 Å². The Balaban J connectivity index is 0.000000569. The number of hydrogen-bond acceptors (Lipinski definition) is 2. The Hall–Kier alpha value is -0.600. The molecule has 0 aromatic rings. The summed E-state index contributed by atoms with van der Waals surface area (Å²) in [5, 5.41) is 20.6. The highest BCUT2D eigenvalue weighted by Gasteiger charge is 2.58. The first kappa shape index (κ1) is 19.2. The van der Waals surface area contributed by atoms with Crippen LogP contribution in [0.5, 0.6) is 0 Å². The van der Waals surface area contributed by atoms with Crippen molar-refractivity contribution in [3.05, 3.63) is 24.3 Å². The smallest absolute Gasteiger partial charge is 0.0596 e. The van der Waals surface area contributed by atoms with Gasteiger partial charge in [0.2, 0.25) is 0 Å². The molecule has 2 nitrogen and oxygen atoms in total. The lowest BCUT2D eigenvalue weighted by Crippen LogP contribution is -2.51. The molecule has 2 heteroatoms. The van der Waals surface area contributed by atoms with E-state index in [1.807, 2.05) is 0 Å². The van der Waals surface area contributed by atoms with E-state index < -0.39 is 0 Å². The molecule has 3 fully saturated rings. The van der Waals surface area contributed by atoms with E-state index in [-0.39, 0.29) is 23.0 Å². The molecular formula is C23H38O2. The SMILES string of the molecule is C=CC12CCC(O)CC1=CCC1C2CCC2(C)C(O)CCC12.CCC. The number of fused-ring (bicyclic) bond motifs is 5. The normalized spacial score (nSPS) is 48.2. The van der Waals surface area contributed by atoms with Crippen molar-refractivity contribution < 1.29 is 10.2 Å². The van der Waals surface area contributed by atoms with Gasteiger partial charge in [0, 0.05) is 5.41 Å². The molecule has 25 heavy (non-hydrogen) atoms. The summed E-state index contributed by atoms with van der Waals surface area (Å²) in [6, 6.07) is 0. The fourth-order valence-electron chi connectivity index (χ4n) is 6.70. The van der Waals surface area contributed by atoms with Crippen LogP contribution in [-0.4, -0.2) is 22.4 Å². The molecule has 0 heterocycles. The second-order valence-electron chi connectivity index (χ2n) is 9.33. The maximum atomic E-state index is 10.5. The maximum absolute atomic E-state index is 10.5. The first-order chi connectivity index (χ1) is 11.9. The van der Waals surface area contributed by atoms with Crippen LogP contribution in [0, 0.1) is 28.6 Å². The third kappa shape index (κ3) is 2.94. The summed E-state index contributed by atoms with van der Waals surface area (Å²) in [6.07, 6.45) is 14.2. The first-order valence-electron chi connectivity index (χ1n) is 10.6. The van der Waals surface area contributed by atoms with Crippen molar-refractivity contribution in [1.82, 2.24) is 0 Å². The van der Waals surface area contributed by atoms with Crippen LogP contribution < -0.4 is 0 Å². The van der Waals surface area contributed by atoms with Crippen molar-refractivity contribution in [1.29, 1.82) is 0 Å². The van der Waals surface area contributed by atoms with Gasteiger partial charge in [0.1, 0.15) is 0 Å². The van der Waals surface area contributed by atoms with Gasteiger partial charge < -0.3 is 10.2 Å². The molecule has 142 valence electrons. The largest absolute Gasteiger partial charge is 0.393 e. The van der Waals surface area contributed by atoms with Gasteiger partial charge in [0.25, 0.3) is 0 Å². The average Bonchev–Trinajstić information content (AvgIpc) is 2.90. The van der Waals surface area contributed by atoms with Gasteiger partial charge in [-0.15, -0.1) is 6.58 Å². The predicted octanol–water partition coefficient (Wildman–Crippen LogP) is 5.25. The van der Waals surface area contributed by atoms with Gasteiger partial charge >= 0.3 is 0 Å². The van der Waals surface area contributed by atoms with Crippen LogP contribution in [0.2, 0.25) is 0 Å². The van der Waals surface area contributed by atoms with E-state index >= 15 is 0 Å². The minimum atomic E-state index is -0.155. The van der Waals surface area contributed by atoms with Crippen molar-refractivity contribution >= 4 is 0 Å². The highest BCUT2D eigenvalue weighted by atomic mass is 16.3. The quantitative estimate of drug-likeness (QED) is 0.636. The number of hydrogen-bond donors (Lipinski definition) is 2. The van der Waals surface area contributed by atoms with Crippen LogP contribution in [0.4, 0.5) is 0 Å². The van der Waals surface area contributed by atoms with Crippen molar-refractivity contribution in [2.75, 3.05) is 0 Å². The number of aliphatic hydroxyl groups excluding tert-OH is 2. The molecule has 0 aromatic heterocycles. The van der Waals surface area contributed by atoms with Crippen LogP contribution in [0.15, 0.2) is 24.3 Å². The third-order valence-electron chi connectivity index (χ3n) is 7.99. The Morgan fingerprint density at radius 2 is 1.84 bits per heavy atom. The zero-order chi connectivity index (χ0) is 18.2. The van der Waals surface area contributed by atoms with E-state index in [1.165, 1.54) is 24.8 Å². The minimum Gasteiger partial charge on any atom is -0.393 e. The van der Waals surface area contributed by atoms with Gasteiger partial charge in [-0.25, -0.2) is 0 Å². The monoisotopic (exact) mass is 346 g/mol. The molecule has 0 aromatic carbocycles. The molecule has 0 bridgehead atoms. The molecule has 0 radical (unpaired) electrons. The third-order valence-corrected chi connectivity index (χ3v) is 7.99. The van der Waals surface area contributed by atoms with E-state index in [1.54, 1.807) is 0 Å². The van der Waals surface area contributed by atoms with E-state index in [4.69, 9.17) is 0 Å². The van der Waals surface area contributed by atoms with Gasteiger partial charge in [0.05, 0.1) is 12.2 Å². The van der Waals surface area contributed by atoms with Gasteiger partial charge in [-0.3, -0.25) is 0 Å². The van der Waals surface area contributed by atoms with Crippen LogP contribution >= 0.6 is 0 Å². The van der Waals surface area contributed by atoms with Crippen molar-refractivity contribution in [2.45, 2.75) is 90.8 Å². The number of rotatable bonds is 1. The summed E-state index contributed by atoms with van der Waals surface area (Å²) in [5.41, 5.74) is 1.74. The van der Waals surface area contributed by atoms with Crippen molar-refractivity contribution in [2.24, 2.45) is 28.6 Å². The number of aliphatic hydroxyl groups is 2. The lowest BCUT2D eigenvalue weighted by molar-refractivity contribution is -0.0642. The van der Waals surface area contributed by atoms with Crippen molar-refractivity contribution in [3.63, 3.8) is 0 Å². The van der Waals surface area contributed by atoms with Gasteiger partial charge in [0.15, 0.2) is 0 Å². The Morgan fingerprint density at radius 1 is 1.12 bits per heavy atom. The topological polar surface area (TPSA) is 40.5 Å². The summed E-state index contributed by atoms with van der Waals surface area (Å²) in [5.74, 6) is 2.05. The van der Waals surface area contributed by atoms with Gasteiger partial charge in [-0.2, -0.15) is 0 Å². The second-order valence-corrected chi connectivity index (χ2v) is 9.33. The molecule has 7 atom stereocenters. The average molecular weight is 347 g/mol. The second kappa shape index (κ2) is 7.19. The molecule has 3 saturated carbocycles. The first-order valence-corrected chi connectivity index (χ1v) is 10.6. The molecule has 0 aliphatic heterocycles. The molecule has 4 aliphatic carbocycles. The Kier molecular flexibility index (Phi) is 5.52. The van der Waals surface area contributed by atoms with Crippen LogP contribution in [0.3, 0.4) is 0 Å². The predicted molar refractivity (Wildman–Crippen MR) is 104 cm³/mol. The molecule has 0 spiro atoms. The lowest BCUT2D eigenvalue weighted by Gasteiger charge is -2.57. The van der Waals surface area contributed by atoms with E-state index in [0.717, 1.165) is 38.5 Å². The zero-order valence-electron chi connectivity index (χ0n) is 16.5. The summed E-state index contributed by atoms with van der Waals surface area (Å²) in [7, 11) is 0. The standard InChI is InChI=1S/C20H30O2.C3H8/c1-3-20-11-8-14(21)12-13(20)4-5-15-16-6-7-18(22)19(16,2)10-9-17(15)20;1-3-2/h3-4,14-18,21-22H,1,5-12H2,2H3;3H2,1-2H3. The maximum Gasteiger partial charge on any atom is 0.0596 e. The van der Waals surface area contributed by atoms with Crippen LogP contribution in [-0.2, 0) is 0 Å². The molecule has 4 aliphatic rings. The van der Waals surface area contributed by atoms with E-state index in [2.05, 4.69) is 39.5 Å².